The Morgan fingerprint density at radius 1 is 1.41 bits per heavy atom. The molecule has 1 heterocycles. The number of aliphatic hydroxyl groups is 1. The Bertz CT molecular complexity index is 453. The largest absolute Gasteiger partial charge is 0.491 e. The van der Waals surface area contributed by atoms with Crippen molar-refractivity contribution in [2.45, 2.75) is 31.4 Å². The van der Waals surface area contributed by atoms with E-state index >= 15 is 0 Å². The molecular weight excluding hydrogens is 311 g/mol. The van der Waals surface area contributed by atoms with Gasteiger partial charge in [0.25, 0.3) is 0 Å². The van der Waals surface area contributed by atoms with Gasteiger partial charge < -0.3 is 20.5 Å². The van der Waals surface area contributed by atoms with Gasteiger partial charge in [-0.3, -0.25) is 4.79 Å². The minimum atomic E-state index is -0.803. The summed E-state index contributed by atoms with van der Waals surface area (Å²) >= 11 is 0. The number of rotatable bonds is 6. The third kappa shape index (κ3) is 6.17. The van der Waals surface area contributed by atoms with Gasteiger partial charge in [0.1, 0.15) is 24.3 Å². The molecule has 1 aliphatic rings. The highest BCUT2D eigenvalue weighted by Gasteiger charge is 2.20. The maximum Gasteiger partial charge on any atom is 0.237 e. The average Bonchev–Trinajstić information content (AvgIpc) is 2.53. The van der Waals surface area contributed by atoms with Gasteiger partial charge in [-0.05, 0) is 43.7 Å². The quantitative estimate of drug-likeness (QED) is 0.733. The molecule has 1 aromatic carbocycles. The van der Waals surface area contributed by atoms with Crippen LogP contribution in [-0.2, 0) is 4.79 Å². The topological polar surface area (TPSA) is 70.6 Å². The van der Waals surface area contributed by atoms with Crippen LogP contribution in [0.5, 0.6) is 5.75 Å². The van der Waals surface area contributed by atoms with Crippen LogP contribution in [0, 0.1) is 5.82 Å². The first-order chi connectivity index (χ1) is 10.1. The molecule has 1 amide bonds. The normalized spacial score (nSPS) is 18.9. The summed E-state index contributed by atoms with van der Waals surface area (Å²) in [6.07, 6.45) is 2.16. The molecule has 0 aliphatic carbocycles. The lowest BCUT2D eigenvalue weighted by Gasteiger charge is -2.23. The summed E-state index contributed by atoms with van der Waals surface area (Å²) in [5.74, 6) is 0.0569. The Balaban J connectivity index is 0.00000242. The van der Waals surface area contributed by atoms with Gasteiger partial charge in [0, 0.05) is 6.54 Å². The number of piperidine rings is 1. The molecule has 0 spiro atoms. The molecule has 0 radical (unpaired) electrons. The van der Waals surface area contributed by atoms with Crippen molar-refractivity contribution in [3.63, 3.8) is 0 Å². The maximum absolute atomic E-state index is 12.7. The molecule has 1 saturated heterocycles. The molecule has 0 bridgehead atoms. The zero-order chi connectivity index (χ0) is 15.1. The molecule has 0 aromatic heterocycles. The van der Waals surface area contributed by atoms with E-state index in [1.54, 1.807) is 0 Å². The predicted octanol–water partition coefficient (Wildman–Crippen LogP) is 1.25. The van der Waals surface area contributed by atoms with Gasteiger partial charge in [-0.15, -0.1) is 12.4 Å². The van der Waals surface area contributed by atoms with E-state index in [1.165, 1.54) is 24.3 Å². The summed E-state index contributed by atoms with van der Waals surface area (Å²) in [6.45, 7) is 1.04. The second-order valence-corrected chi connectivity index (χ2v) is 5.17. The summed E-state index contributed by atoms with van der Waals surface area (Å²) in [4.78, 5) is 11.8. The van der Waals surface area contributed by atoms with Gasteiger partial charge in [0.15, 0.2) is 0 Å². The molecule has 2 atom stereocenters. The lowest BCUT2D eigenvalue weighted by Crippen LogP contribution is -2.48. The summed E-state index contributed by atoms with van der Waals surface area (Å²) in [7, 11) is 0. The molecule has 1 aliphatic heterocycles. The van der Waals surface area contributed by atoms with Crippen LogP contribution in [0.1, 0.15) is 19.3 Å². The number of aliphatic hydroxyl groups excluding tert-OH is 1. The Labute approximate surface area is 135 Å². The van der Waals surface area contributed by atoms with E-state index in [9.17, 15) is 14.3 Å². The van der Waals surface area contributed by atoms with Crippen molar-refractivity contribution in [3.8, 4) is 5.75 Å². The highest BCUT2D eigenvalue weighted by atomic mass is 35.5. The lowest BCUT2D eigenvalue weighted by atomic mass is 10.0. The van der Waals surface area contributed by atoms with Crippen molar-refractivity contribution in [1.29, 1.82) is 0 Å². The summed E-state index contributed by atoms with van der Waals surface area (Å²) < 4.78 is 18.0. The number of hydrogen-bond donors (Lipinski definition) is 3. The van der Waals surface area contributed by atoms with E-state index in [2.05, 4.69) is 10.6 Å². The third-order valence-electron chi connectivity index (χ3n) is 3.39. The van der Waals surface area contributed by atoms with Gasteiger partial charge in [-0.1, -0.05) is 6.42 Å². The number of ether oxygens (including phenoxy) is 1. The minimum absolute atomic E-state index is 0. The Hall–Kier alpha value is -1.37. The van der Waals surface area contributed by atoms with Crippen LogP contribution in [0.4, 0.5) is 4.39 Å². The van der Waals surface area contributed by atoms with Gasteiger partial charge >= 0.3 is 0 Å². The van der Waals surface area contributed by atoms with Crippen LogP contribution in [-0.4, -0.2) is 42.9 Å². The van der Waals surface area contributed by atoms with E-state index in [0.717, 1.165) is 25.8 Å². The summed E-state index contributed by atoms with van der Waals surface area (Å²) in [5, 5.41) is 15.6. The molecule has 1 aromatic rings. The molecule has 22 heavy (non-hydrogen) atoms. The first-order valence-electron chi connectivity index (χ1n) is 7.22. The van der Waals surface area contributed by atoms with E-state index in [0.29, 0.717) is 5.75 Å². The SMILES string of the molecule is Cl.O=C(NCC(O)COc1ccc(F)cc1)[C@H]1CCCCN1. The molecule has 3 N–H and O–H groups in total. The Morgan fingerprint density at radius 3 is 2.77 bits per heavy atom. The molecular formula is C15H22ClFN2O3. The van der Waals surface area contributed by atoms with Crippen molar-refractivity contribution < 1.29 is 19.0 Å². The number of benzene rings is 1. The van der Waals surface area contributed by atoms with Gasteiger partial charge in [0.2, 0.25) is 5.91 Å². The van der Waals surface area contributed by atoms with Gasteiger partial charge in [-0.25, -0.2) is 4.39 Å². The zero-order valence-corrected chi connectivity index (χ0v) is 13.1. The molecule has 124 valence electrons. The van der Waals surface area contributed by atoms with E-state index in [-0.39, 0.29) is 43.3 Å². The predicted molar refractivity (Wildman–Crippen MR) is 83.8 cm³/mol. The van der Waals surface area contributed by atoms with E-state index in [4.69, 9.17) is 4.74 Å². The van der Waals surface area contributed by atoms with Gasteiger partial charge in [-0.2, -0.15) is 0 Å². The van der Waals surface area contributed by atoms with Crippen LogP contribution in [0.15, 0.2) is 24.3 Å². The van der Waals surface area contributed by atoms with Crippen LogP contribution in [0.3, 0.4) is 0 Å². The fraction of sp³-hybridized carbons (Fsp3) is 0.533. The fourth-order valence-electron chi connectivity index (χ4n) is 2.20. The fourth-order valence-corrected chi connectivity index (χ4v) is 2.20. The Kier molecular flexibility index (Phi) is 8.16. The summed E-state index contributed by atoms with van der Waals surface area (Å²) in [5.41, 5.74) is 0. The highest BCUT2D eigenvalue weighted by Crippen LogP contribution is 2.11. The number of carbonyl (C=O) groups is 1. The molecule has 7 heteroatoms. The molecule has 1 unspecified atom stereocenters. The lowest BCUT2D eigenvalue weighted by molar-refractivity contribution is -0.124. The average molecular weight is 333 g/mol. The second kappa shape index (κ2) is 9.61. The highest BCUT2D eigenvalue weighted by molar-refractivity contribution is 5.85. The van der Waals surface area contributed by atoms with Crippen LogP contribution >= 0.6 is 12.4 Å². The second-order valence-electron chi connectivity index (χ2n) is 5.17. The number of hydrogen-bond acceptors (Lipinski definition) is 4. The van der Waals surface area contributed by atoms with Crippen LogP contribution < -0.4 is 15.4 Å². The number of nitrogens with one attached hydrogen (secondary N) is 2. The number of halogens is 2. The smallest absolute Gasteiger partial charge is 0.237 e. The summed E-state index contributed by atoms with van der Waals surface area (Å²) in [6, 6.07) is 5.40. The molecule has 5 nitrogen and oxygen atoms in total. The molecule has 1 fully saturated rings. The van der Waals surface area contributed by atoms with Crippen molar-refractivity contribution in [1.82, 2.24) is 10.6 Å². The van der Waals surface area contributed by atoms with Crippen LogP contribution in [0.25, 0.3) is 0 Å². The number of amides is 1. The molecule has 0 saturated carbocycles. The van der Waals surface area contributed by atoms with Crippen molar-refractivity contribution in [2.75, 3.05) is 19.7 Å². The minimum Gasteiger partial charge on any atom is -0.491 e. The third-order valence-corrected chi connectivity index (χ3v) is 3.39. The monoisotopic (exact) mass is 332 g/mol. The van der Waals surface area contributed by atoms with Crippen molar-refractivity contribution in [3.05, 3.63) is 30.1 Å². The van der Waals surface area contributed by atoms with E-state index in [1.807, 2.05) is 0 Å². The Morgan fingerprint density at radius 2 is 2.14 bits per heavy atom. The van der Waals surface area contributed by atoms with Crippen molar-refractivity contribution in [2.24, 2.45) is 0 Å². The van der Waals surface area contributed by atoms with Gasteiger partial charge in [0.05, 0.1) is 6.04 Å². The maximum atomic E-state index is 12.7. The standard InChI is InChI=1S/C15H21FN2O3.ClH/c16-11-4-6-13(7-5-11)21-10-12(19)9-18-15(20)14-3-1-2-8-17-14;/h4-7,12,14,17,19H,1-3,8-10H2,(H,18,20);1H/t12?,14-;/m1./s1. The first kappa shape index (κ1) is 18.7. The van der Waals surface area contributed by atoms with Crippen LogP contribution in [0.2, 0.25) is 0 Å². The zero-order valence-electron chi connectivity index (χ0n) is 12.3. The van der Waals surface area contributed by atoms with Crippen molar-refractivity contribution >= 4 is 18.3 Å². The molecule has 2 rings (SSSR count). The first-order valence-corrected chi connectivity index (χ1v) is 7.22. The van der Waals surface area contributed by atoms with E-state index < -0.39 is 6.10 Å². The number of carbonyl (C=O) groups excluding carboxylic acids is 1.